The van der Waals surface area contributed by atoms with Gasteiger partial charge in [-0.2, -0.15) is 10.2 Å². The van der Waals surface area contributed by atoms with E-state index in [2.05, 4.69) is 34.5 Å². The van der Waals surface area contributed by atoms with Crippen LogP contribution in [0.25, 0.3) is 0 Å². The number of H-pyrrole nitrogens is 1. The molecule has 5 nitrogen and oxygen atoms in total. The second-order valence-corrected chi connectivity index (χ2v) is 6.01. The van der Waals surface area contributed by atoms with E-state index in [1.807, 2.05) is 30.3 Å². The highest BCUT2D eigenvalue weighted by atomic mass is 15.2. The highest BCUT2D eigenvalue weighted by Crippen LogP contribution is 2.37. The molecule has 3 rings (SSSR count). The Morgan fingerprint density at radius 2 is 2.00 bits per heavy atom. The van der Waals surface area contributed by atoms with Crippen LogP contribution in [0, 0.1) is 5.41 Å². The summed E-state index contributed by atoms with van der Waals surface area (Å²) in [7, 11) is 0. The van der Waals surface area contributed by atoms with Gasteiger partial charge in [-0.3, -0.25) is 5.10 Å². The number of rotatable bonds is 2. The van der Waals surface area contributed by atoms with Gasteiger partial charge >= 0.3 is 0 Å². The molecule has 0 saturated carbocycles. The largest absolute Gasteiger partial charge is 0.338 e. The van der Waals surface area contributed by atoms with Crippen LogP contribution in [0.2, 0.25) is 0 Å². The van der Waals surface area contributed by atoms with Gasteiger partial charge in [0.1, 0.15) is 0 Å². The third kappa shape index (κ3) is 2.27. The topological polar surface area (TPSA) is 79.1 Å². The van der Waals surface area contributed by atoms with E-state index in [0.29, 0.717) is 0 Å². The van der Waals surface area contributed by atoms with Crippen molar-refractivity contribution >= 4 is 17.2 Å². The lowest BCUT2D eigenvalue weighted by Crippen LogP contribution is -2.28. The van der Waals surface area contributed by atoms with Crippen LogP contribution in [-0.4, -0.2) is 15.9 Å². The van der Waals surface area contributed by atoms with Gasteiger partial charge in [0.2, 0.25) is 0 Å². The molecule has 0 spiro atoms. The summed E-state index contributed by atoms with van der Waals surface area (Å²) < 4.78 is 0. The molecule has 0 saturated heterocycles. The van der Waals surface area contributed by atoms with Crippen LogP contribution in [0.4, 0.5) is 11.5 Å². The molecule has 1 aliphatic rings. The summed E-state index contributed by atoms with van der Waals surface area (Å²) in [5.41, 5.74) is 4.19. The normalized spacial score (nSPS) is 18.8. The first-order valence-electron chi connectivity index (χ1n) is 6.75. The number of anilines is 2. The molecule has 0 atom stereocenters. The predicted octanol–water partition coefficient (Wildman–Crippen LogP) is 2.79. The van der Waals surface area contributed by atoms with Crippen LogP contribution in [0.5, 0.6) is 0 Å². The lowest BCUT2D eigenvalue weighted by Gasteiger charge is -2.29. The maximum absolute atomic E-state index is 5.58. The minimum absolute atomic E-state index is 0.155. The van der Waals surface area contributed by atoms with E-state index in [1.54, 1.807) is 0 Å². The number of hydrogen-bond acceptors (Lipinski definition) is 4. The van der Waals surface area contributed by atoms with Gasteiger partial charge in [0.05, 0.1) is 11.3 Å². The Morgan fingerprint density at radius 1 is 1.25 bits per heavy atom. The molecule has 1 aliphatic carbocycles. The number of fused-ring (bicyclic) bond motifs is 1. The molecule has 0 unspecified atom stereocenters. The fraction of sp³-hybridized carbons (Fsp3) is 0.333. The van der Waals surface area contributed by atoms with E-state index < -0.39 is 0 Å². The fourth-order valence-corrected chi connectivity index (χ4v) is 2.76. The molecule has 1 aromatic heterocycles. The lowest BCUT2D eigenvalue weighted by atomic mass is 9.75. The monoisotopic (exact) mass is 269 g/mol. The van der Waals surface area contributed by atoms with Crippen molar-refractivity contribution in [2.24, 2.45) is 16.4 Å². The number of aromatic nitrogens is 2. The van der Waals surface area contributed by atoms with Crippen LogP contribution < -0.4 is 11.2 Å². The van der Waals surface area contributed by atoms with Crippen molar-refractivity contribution in [1.29, 1.82) is 0 Å². The predicted molar refractivity (Wildman–Crippen MR) is 81.1 cm³/mol. The summed E-state index contributed by atoms with van der Waals surface area (Å²) in [5, 5.41) is 14.8. The Labute approximate surface area is 118 Å². The third-order valence-electron chi connectivity index (χ3n) is 3.62. The molecule has 0 bridgehead atoms. The van der Waals surface area contributed by atoms with Gasteiger partial charge in [-0.15, -0.1) is 0 Å². The molecular formula is C15H19N5. The highest BCUT2D eigenvalue weighted by molar-refractivity contribution is 6.07. The third-order valence-corrected chi connectivity index (χ3v) is 3.62. The quantitative estimate of drug-likeness (QED) is 0.579. The number of aromatic amines is 1. The minimum atomic E-state index is 0.155. The van der Waals surface area contributed by atoms with Crippen LogP contribution in [0.1, 0.15) is 31.5 Å². The SMILES string of the molecule is CC1(C)CC(=NN)c2c(Nc3ccccc3)n[nH]c2C1. The zero-order valence-electron chi connectivity index (χ0n) is 11.8. The molecular weight excluding hydrogens is 250 g/mol. The van der Waals surface area contributed by atoms with Crippen molar-refractivity contribution < 1.29 is 0 Å². The first kappa shape index (κ1) is 12.7. The van der Waals surface area contributed by atoms with Gasteiger partial charge < -0.3 is 11.2 Å². The van der Waals surface area contributed by atoms with E-state index in [-0.39, 0.29) is 5.41 Å². The van der Waals surface area contributed by atoms with E-state index in [1.165, 1.54) is 0 Å². The number of nitrogens with two attached hydrogens (primary N) is 1. The van der Waals surface area contributed by atoms with Gasteiger partial charge in [0.25, 0.3) is 0 Å². The Balaban J connectivity index is 1.98. The van der Waals surface area contributed by atoms with Crippen LogP contribution in [-0.2, 0) is 6.42 Å². The summed E-state index contributed by atoms with van der Waals surface area (Å²) in [6.45, 7) is 4.43. The Bertz CT molecular complexity index is 640. The molecule has 0 aliphatic heterocycles. The lowest BCUT2D eigenvalue weighted by molar-refractivity contribution is 0.368. The van der Waals surface area contributed by atoms with E-state index in [9.17, 15) is 0 Å². The Kier molecular flexibility index (Phi) is 2.97. The maximum atomic E-state index is 5.58. The summed E-state index contributed by atoms with van der Waals surface area (Å²) in [5.74, 6) is 6.38. The van der Waals surface area contributed by atoms with Crippen molar-refractivity contribution in [3.63, 3.8) is 0 Å². The molecule has 4 N–H and O–H groups in total. The molecule has 0 amide bonds. The van der Waals surface area contributed by atoms with Crippen molar-refractivity contribution in [3.8, 4) is 0 Å². The minimum Gasteiger partial charge on any atom is -0.338 e. The highest BCUT2D eigenvalue weighted by Gasteiger charge is 2.33. The molecule has 104 valence electrons. The summed E-state index contributed by atoms with van der Waals surface area (Å²) in [6.07, 6.45) is 1.81. The zero-order valence-corrected chi connectivity index (χ0v) is 11.8. The van der Waals surface area contributed by atoms with E-state index in [0.717, 1.165) is 41.3 Å². The van der Waals surface area contributed by atoms with Gasteiger partial charge in [-0.1, -0.05) is 32.0 Å². The van der Waals surface area contributed by atoms with Crippen molar-refractivity contribution in [3.05, 3.63) is 41.6 Å². The maximum Gasteiger partial charge on any atom is 0.161 e. The number of nitrogens with one attached hydrogen (secondary N) is 2. The van der Waals surface area contributed by atoms with E-state index in [4.69, 9.17) is 5.84 Å². The first-order chi connectivity index (χ1) is 9.59. The second kappa shape index (κ2) is 4.67. The number of nitrogens with zero attached hydrogens (tertiary/aromatic N) is 2. The average molecular weight is 269 g/mol. The fourth-order valence-electron chi connectivity index (χ4n) is 2.76. The standard InChI is InChI=1S/C15H19N5/c1-15(2)8-11(18-16)13-12(9-15)19-20-14(13)17-10-6-4-3-5-7-10/h3-7H,8-9,16H2,1-2H3,(H2,17,19,20). The van der Waals surface area contributed by atoms with Crippen molar-refractivity contribution in [2.45, 2.75) is 26.7 Å². The van der Waals surface area contributed by atoms with Crippen molar-refractivity contribution in [1.82, 2.24) is 10.2 Å². The van der Waals surface area contributed by atoms with Crippen LogP contribution >= 0.6 is 0 Å². The van der Waals surface area contributed by atoms with Crippen LogP contribution in [0.15, 0.2) is 35.4 Å². The number of hydrogen-bond donors (Lipinski definition) is 3. The number of benzene rings is 1. The Hall–Kier alpha value is -2.30. The van der Waals surface area contributed by atoms with Crippen LogP contribution in [0.3, 0.4) is 0 Å². The molecule has 1 aromatic carbocycles. The van der Waals surface area contributed by atoms with Crippen molar-refractivity contribution in [2.75, 3.05) is 5.32 Å². The smallest absolute Gasteiger partial charge is 0.161 e. The summed E-state index contributed by atoms with van der Waals surface area (Å²) in [4.78, 5) is 0. The van der Waals surface area contributed by atoms with Gasteiger partial charge in [0, 0.05) is 11.4 Å². The molecule has 0 fully saturated rings. The van der Waals surface area contributed by atoms with Gasteiger partial charge in [-0.25, -0.2) is 0 Å². The molecule has 20 heavy (non-hydrogen) atoms. The number of hydrazone groups is 1. The van der Waals surface area contributed by atoms with E-state index >= 15 is 0 Å². The zero-order chi connectivity index (χ0) is 14.2. The summed E-state index contributed by atoms with van der Waals surface area (Å²) in [6, 6.07) is 9.98. The number of para-hydroxylation sites is 1. The van der Waals surface area contributed by atoms with Gasteiger partial charge in [0.15, 0.2) is 5.82 Å². The molecule has 2 aromatic rings. The van der Waals surface area contributed by atoms with Gasteiger partial charge in [-0.05, 0) is 30.4 Å². The molecule has 5 heteroatoms. The molecule has 1 heterocycles. The average Bonchev–Trinajstić information content (AvgIpc) is 2.80. The second-order valence-electron chi connectivity index (χ2n) is 6.01. The molecule has 0 radical (unpaired) electrons. The summed E-state index contributed by atoms with van der Waals surface area (Å²) >= 11 is 0. The Morgan fingerprint density at radius 3 is 2.70 bits per heavy atom. The first-order valence-corrected chi connectivity index (χ1v) is 6.75.